The molecule has 0 atom stereocenters. The summed E-state index contributed by atoms with van der Waals surface area (Å²) in [5.41, 5.74) is 0. The molecule has 0 bridgehead atoms. The van der Waals surface area contributed by atoms with E-state index in [2.05, 4.69) is 12.2 Å². The molecule has 0 saturated heterocycles. The van der Waals surface area contributed by atoms with Crippen LogP contribution in [0.2, 0.25) is 0 Å². The number of aliphatic carboxylic acids is 1. The molecule has 0 unspecified atom stereocenters. The second-order valence-corrected chi connectivity index (χ2v) is 2.56. The van der Waals surface area contributed by atoms with E-state index in [1.807, 2.05) is 13.8 Å². The van der Waals surface area contributed by atoms with Crippen molar-refractivity contribution in [1.29, 1.82) is 0 Å². The molecule has 0 spiro atoms. The summed E-state index contributed by atoms with van der Waals surface area (Å²) in [5.74, 6) is -0.687. The molecule has 0 rings (SSSR count). The lowest BCUT2D eigenvalue weighted by Crippen LogP contribution is -2.13. The summed E-state index contributed by atoms with van der Waals surface area (Å²) in [6, 6.07) is 0. The van der Waals surface area contributed by atoms with Crippen LogP contribution in [0.1, 0.15) is 46.5 Å². The number of hydrogen-bond acceptors (Lipinski definition) is 2. The largest absolute Gasteiger partial charge is 0.481 e. The summed E-state index contributed by atoms with van der Waals surface area (Å²) in [5, 5.41) is 11.5. The quantitative estimate of drug-likeness (QED) is 0.604. The summed E-state index contributed by atoms with van der Waals surface area (Å²) in [6.45, 7) is 8.08. The molecule has 0 radical (unpaired) electrons. The number of unbranched alkanes of at least 4 members (excludes halogenated alkanes) is 2. The van der Waals surface area contributed by atoms with Crippen molar-refractivity contribution in [2.45, 2.75) is 46.5 Å². The maximum absolute atomic E-state index is 10.1. The van der Waals surface area contributed by atoms with E-state index >= 15 is 0 Å². The van der Waals surface area contributed by atoms with Gasteiger partial charge in [0.1, 0.15) is 0 Å². The maximum atomic E-state index is 10.1. The van der Waals surface area contributed by atoms with E-state index in [-0.39, 0.29) is 0 Å². The molecular weight excluding hydrogens is 166 g/mol. The van der Waals surface area contributed by atoms with Crippen molar-refractivity contribution in [2.75, 3.05) is 13.1 Å². The molecule has 0 heterocycles. The summed E-state index contributed by atoms with van der Waals surface area (Å²) >= 11 is 0. The van der Waals surface area contributed by atoms with Crippen LogP contribution in [0.4, 0.5) is 0 Å². The molecule has 0 aliphatic rings. The van der Waals surface area contributed by atoms with E-state index in [4.69, 9.17) is 5.11 Å². The molecule has 0 aromatic heterocycles. The molecule has 13 heavy (non-hydrogen) atoms. The molecule has 0 amide bonds. The Morgan fingerprint density at radius 1 is 1.23 bits per heavy atom. The fourth-order valence-electron chi connectivity index (χ4n) is 0.880. The highest BCUT2D eigenvalue weighted by atomic mass is 16.4. The molecule has 0 fully saturated rings. The van der Waals surface area contributed by atoms with Gasteiger partial charge in [-0.15, -0.1) is 0 Å². The first kappa shape index (κ1) is 14.9. The lowest BCUT2D eigenvalue weighted by molar-refractivity contribution is -0.137. The molecular formula is C10H23NO2. The SMILES string of the molecule is CC.CCNCCCCCC(=O)O. The lowest BCUT2D eigenvalue weighted by atomic mass is 10.2. The van der Waals surface area contributed by atoms with Crippen LogP contribution >= 0.6 is 0 Å². The van der Waals surface area contributed by atoms with E-state index < -0.39 is 5.97 Å². The highest BCUT2D eigenvalue weighted by Gasteiger charge is 1.94. The molecule has 0 saturated carbocycles. The van der Waals surface area contributed by atoms with Crippen molar-refractivity contribution in [3.63, 3.8) is 0 Å². The highest BCUT2D eigenvalue weighted by molar-refractivity contribution is 5.66. The van der Waals surface area contributed by atoms with E-state index in [1.54, 1.807) is 0 Å². The zero-order valence-corrected chi connectivity index (χ0v) is 9.10. The Labute approximate surface area is 81.5 Å². The number of carboxylic acid groups (broad SMARTS) is 1. The van der Waals surface area contributed by atoms with Crippen LogP contribution in [0.25, 0.3) is 0 Å². The Morgan fingerprint density at radius 2 is 1.85 bits per heavy atom. The van der Waals surface area contributed by atoms with Gasteiger partial charge in [0.25, 0.3) is 0 Å². The standard InChI is InChI=1S/C8H17NO2.C2H6/c1-2-9-7-5-3-4-6-8(10)11;1-2/h9H,2-7H2,1H3,(H,10,11);1-2H3. The van der Waals surface area contributed by atoms with Gasteiger partial charge in [0, 0.05) is 6.42 Å². The minimum Gasteiger partial charge on any atom is -0.481 e. The average Bonchev–Trinajstić information content (AvgIpc) is 2.14. The van der Waals surface area contributed by atoms with Crippen LogP contribution in [-0.2, 0) is 4.79 Å². The Kier molecular flexibility index (Phi) is 16.1. The number of carbonyl (C=O) groups is 1. The maximum Gasteiger partial charge on any atom is 0.303 e. The summed E-state index contributed by atoms with van der Waals surface area (Å²) in [6.07, 6.45) is 3.22. The second-order valence-electron chi connectivity index (χ2n) is 2.56. The first-order valence-electron chi connectivity index (χ1n) is 5.20. The molecule has 80 valence electrons. The zero-order valence-electron chi connectivity index (χ0n) is 9.10. The summed E-state index contributed by atoms with van der Waals surface area (Å²) < 4.78 is 0. The predicted octanol–water partition coefficient (Wildman–Crippen LogP) is 2.27. The van der Waals surface area contributed by atoms with E-state index in [0.29, 0.717) is 6.42 Å². The van der Waals surface area contributed by atoms with Crippen LogP contribution in [-0.4, -0.2) is 24.2 Å². The number of carboxylic acids is 1. The smallest absolute Gasteiger partial charge is 0.303 e. The van der Waals surface area contributed by atoms with Crippen molar-refractivity contribution < 1.29 is 9.90 Å². The van der Waals surface area contributed by atoms with E-state index in [1.165, 1.54) is 0 Å². The molecule has 0 aromatic carbocycles. The minimum atomic E-state index is -0.687. The second kappa shape index (κ2) is 14.0. The van der Waals surface area contributed by atoms with Crippen LogP contribution in [0.15, 0.2) is 0 Å². The van der Waals surface area contributed by atoms with Gasteiger partial charge in [-0.3, -0.25) is 4.79 Å². The van der Waals surface area contributed by atoms with Gasteiger partial charge >= 0.3 is 5.97 Å². The zero-order chi connectivity index (χ0) is 10.5. The Hall–Kier alpha value is -0.570. The van der Waals surface area contributed by atoms with Gasteiger partial charge in [0.05, 0.1) is 0 Å². The summed E-state index contributed by atoms with van der Waals surface area (Å²) in [4.78, 5) is 10.1. The van der Waals surface area contributed by atoms with Gasteiger partial charge < -0.3 is 10.4 Å². The van der Waals surface area contributed by atoms with Crippen molar-refractivity contribution in [3.8, 4) is 0 Å². The molecule has 0 aliphatic heterocycles. The summed E-state index contributed by atoms with van der Waals surface area (Å²) in [7, 11) is 0. The molecule has 3 nitrogen and oxygen atoms in total. The van der Waals surface area contributed by atoms with Crippen molar-refractivity contribution in [1.82, 2.24) is 5.32 Å². The van der Waals surface area contributed by atoms with Crippen LogP contribution in [0.5, 0.6) is 0 Å². The van der Waals surface area contributed by atoms with E-state index in [0.717, 1.165) is 32.4 Å². The van der Waals surface area contributed by atoms with Gasteiger partial charge in [-0.25, -0.2) is 0 Å². The normalized spacial score (nSPS) is 8.85. The third-order valence-electron chi connectivity index (χ3n) is 1.49. The number of hydrogen-bond donors (Lipinski definition) is 2. The van der Waals surface area contributed by atoms with Gasteiger partial charge in [0.15, 0.2) is 0 Å². The molecule has 3 heteroatoms. The lowest BCUT2D eigenvalue weighted by Gasteiger charge is -1.99. The van der Waals surface area contributed by atoms with Crippen molar-refractivity contribution in [3.05, 3.63) is 0 Å². The fraction of sp³-hybridized carbons (Fsp3) is 0.900. The third kappa shape index (κ3) is 18.4. The Morgan fingerprint density at radius 3 is 2.31 bits per heavy atom. The topological polar surface area (TPSA) is 49.3 Å². The van der Waals surface area contributed by atoms with Gasteiger partial charge in [-0.05, 0) is 25.9 Å². The highest BCUT2D eigenvalue weighted by Crippen LogP contribution is 1.97. The van der Waals surface area contributed by atoms with Crippen molar-refractivity contribution in [2.24, 2.45) is 0 Å². The third-order valence-corrected chi connectivity index (χ3v) is 1.49. The average molecular weight is 189 g/mol. The molecule has 0 aliphatic carbocycles. The fourth-order valence-corrected chi connectivity index (χ4v) is 0.880. The first-order chi connectivity index (χ1) is 6.27. The number of nitrogens with one attached hydrogen (secondary N) is 1. The van der Waals surface area contributed by atoms with Crippen LogP contribution < -0.4 is 5.32 Å². The van der Waals surface area contributed by atoms with Crippen LogP contribution in [0, 0.1) is 0 Å². The van der Waals surface area contributed by atoms with Gasteiger partial charge in [-0.1, -0.05) is 27.2 Å². The van der Waals surface area contributed by atoms with Crippen molar-refractivity contribution >= 4 is 5.97 Å². The minimum absolute atomic E-state index is 0.312. The monoisotopic (exact) mass is 189 g/mol. The number of rotatable bonds is 7. The molecule has 0 aromatic rings. The Bertz CT molecular complexity index is 105. The van der Waals surface area contributed by atoms with E-state index in [9.17, 15) is 4.79 Å². The van der Waals surface area contributed by atoms with Crippen LogP contribution in [0.3, 0.4) is 0 Å². The first-order valence-corrected chi connectivity index (χ1v) is 5.20. The van der Waals surface area contributed by atoms with Gasteiger partial charge in [0.2, 0.25) is 0 Å². The molecule has 2 N–H and O–H groups in total. The Balaban J connectivity index is 0. The van der Waals surface area contributed by atoms with Gasteiger partial charge in [-0.2, -0.15) is 0 Å². The predicted molar refractivity (Wildman–Crippen MR) is 56.0 cm³/mol.